The van der Waals surface area contributed by atoms with Crippen LogP contribution in [0, 0.1) is 19.7 Å². The molecule has 1 amide bonds. The van der Waals surface area contributed by atoms with E-state index in [4.69, 9.17) is 14.7 Å². The van der Waals surface area contributed by atoms with Crippen LogP contribution >= 0.6 is 11.8 Å². The Morgan fingerprint density at radius 1 is 1.06 bits per heavy atom. The number of anilines is 2. The van der Waals surface area contributed by atoms with Gasteiger partial charge in [0.05, 0.1) is 12.3 Å². The van der Waals surface area contributed by atoms with E-state index in [2.05, 4.69) is 15.1 Å². The quantitative estimate of drug-likeness (QED) is 0.263. The molecular formula is C27H32FN5O2S. The molecule has 0 saturated carbocycles. The van der Waals surface area contributed by atoms with E-state index in [0.29, 0.717) is 35.3 Å². The zero-order valence-electron chi connectivity index (χ0n) is 21.0. The van der Waals surface area contributed by atoms with Gasteiger partial charge in [0.15, 0.2) is 5.16 Å². The molecule has 0 unspecified atom stereocenters. The number of ether oxygens (including phenoxy) is 1. The van der Waals surface area contributed by atoms with Crippen molar-refractivity contribution in [2.24, 2.45) is 0 Å². The smallest absolute Gasteiger partial charge is 0.251 e. The summed E-state index contributed by atoms with van der Waals surface area (Å²) in [6.45, 7) is 7.98. The molecule has 1 aromatic heterocycles. The SMILES string of the molecule is COCCNC(=O)c1cccc(CSc2nc(C)c(C)c(N3CCN(c4ccccc4F)CC3)n2)c1. The van der Waals surface area contributed by atoms with Gasteiger partial charge in [0.1, 0.15) is 11.6 Å². The highest BCUT2D eigenvalue weighted by molar-refractivity contribution is 7.98. The van der Waals surface area contributed by atoms with E-state index in [1.807, 2.05) is 50.2 Å². The number of rotatable bonds is 9. The average molecular weight is 510 g/mol. The number of thioether (sulfide) groups is 1. The minimum Gasteiger partial charge on any atom is -0.383 e. The van der Waals surface area contributed by atoms with Crippen LogP contribution in [0.15, 0.2) is 53.7 Å². The number of methoxy groups -OCH3 is 1. The summed E-state index contributed by atoms with van der Waals surface area (Å²) in [5.41, 5.74) is 4.32. The highest BCUT2D eigenvalue weighted by Gasteiger charge is 2.23. The Kier molecular flexibility index (Phi) is 8.77. The van der Waals surface area contributed by atoms with E-state index < -0.39 is 0 Å². The first kappa shape index (κ1) is 25.9. The van der Waals surface area contributed by atoms with Crippen LogP contribution in [0.3, 0.4) is 0 Å². The Bertz CT molecular complexity index is 1200. The van der Waals surface area contributed by atoms with Crippen molar-refractivity contribution in [2.45, 2.75) is 24.8 Å². The highest BCUT2D eigenvalue weighted by atomic mass is 32.2. The van der Waals surface area contributed by atoms with E-state index >= 15 is 0 Å². The predicted octanol–water partition coefficient (Wildman–Crippen LogP) is 4.23. The summed E-state index contributed by atoms with van der Waals surface area (Å²) in [5, 5.41) is 3.56. The molecule has 1 aliphatic rings. The van der Waals surface area contributed by atoms with Gasteiger partial charge >= 0.3 is 0 Å². The molecule has 1 N–H and O–H groups in total. The lowest BCUT2D eigenvalue weighted by Crippen LogP contribution is -2.47. The van der Waals surface area contributed by atoms with Crippen molar-refractivity contribution < 1.29 is 13.9 Å². The lowest BCUT2D eigenvalue weighted by molar-refractivity contribution is 0.0937. The Hall–Kier alpha value is -3.17. The first-order chi connectivity index (χ1) is 17.5. The van der Waals surface area contributed by atoms with Gasteiger partial charge in [0, 0.05) is 62.4 Å². The van der Waals surface area contributed by atoms with Crippen LogP contribution in [0.1, 0.15) is 27.2 Å². The molecule has 2 aromatic carbocycles. The van der Waals surface area contributed by atoms with E-state index in [1.165, 1.54) is 6.07 Å². The van der Waals surface area contributed by atoms with E-state index in [-0.39, 0.29) is 11.7 Å². The molecule has 0 bridgehead atoms. The number of nitrogens with one attached hydrogen (secondary N) is 1. The number of piperazine rings is 1. The number of aromatic nitrogens is 2. The molecule has 1 fully saturated rings. The van der Waals surface area contributed by atoms with Gasteiger partial charge in [-0.05, 0) is 43.7 Å². The first-order valence-corrected chi connectivity index (χ1v) is 13.0. The second kappa shape index (κ2) is 12.2. The standard InChI is InChI=1S/C27H32FN5O2S/c1-19-20(2)30-27(36-18-21-7-6-8-22(17-21)26(34)29-11-16-35-3)31-25(19)33-14-12-32(13-15-33)24-10-5-4-9-23(24)28/h4-10,17H,11-16,18H2,1-3H3,(H,29,34). The second-order valence-electron chi connectivity index (χ2n) is 8.70. The van der Waals surface area contributed by atoms with Crippen molar-refractivity contribution in [1.82, 2.24) is 15.3 Å². The molecule has 9 heteroatoms. The second-order valence-corrected chi connectivity index (χ2v) is 9.65. The molecule has 7 nitrogen and oxygen atoms in total. The van der Waals surface area contributed by atoms with Crippen LogP contribution in [0.25, 0.3) is 0 Å². The zero-order chi connectivity index (χ0) is 25.5. The van der Waals surface area contributed by atoms with Gasteiger partial charge < -0.3 is 19.9 Å². The maximum absolute atomic E-state index is 14.2. The summed E-state index contributed by atoms with van der Waals surface area (Å²) in [5.74, 6) is 1.29. The summed E-state index contributed by atoms with van der Waals surface area (Å²) >= 11 is 1.56. The minimum atomic E-state index is -0.185. The third kappa shape index (κ3) is 6.33. The molecule has 1 aliphatic heterocycles. The van der Waals surface area contributed by atoms with Gasteiger partial charge in [-0.3, -0.25) is 4.79 Å². The van der Waals surface area contributed by atoms with Gasteiger partial charge in [-0.1, -0.05) is 36.0 Å². The lowest BCUT2D eigenvalue weighted by Gasteiger charge is -2.37. The number of carbonyl (C=O) groups excluding carboxylic acids is 1. The molecule has 2 heterocycles. The van der Waals surface area contributed by atoms with Gasteiger partial charge in [0.2, 0.25) is 0 Å². The van der Waals surface area contributed by atoms with Crippen molar-refractivity contribution in [3.8, 4) is 0 Å². The maximum atomic E-state index is 14.2. The number of para-hydroxylation sites is 1. The van der Waals surface area contributed by atoms with Crippen molar-refractivity contribution in [2.75, 3.05) is 56.2 Å². The number of carbonyl (C=O) groups is 1. The molecule has 190 valence electrons. The summed E-state index contributed by atoms with van der Waals surface area (Å²) in [4.78, 5) is 26.3. The third-order valence-electron chi connectivity index (χ3n) is 6.26. The predicted molar refractivity (Wildman–Crippen MR) is 143 cm³/mol. The molecule has 0 aliphatic carbocycles. The molecule has 0 spiro atoms. The lowest BCUT2D eigenvalue weighted by atomic mass is 10.1. The molecule has 36 heavy (non-hydrogen) atoms. The Morgan fingerprint density at radius 3 is 2.56 bits per heavy atom. The Morgan fingerprint density at radius 2 is 1.81 bits per heavy atom. The summed E-state index contributed by atoms with van der Waals surface area (Å²) in [6, 6.07) is 14.5. The number of hydrogen-bond acceptors (Lipinski definition) is 7. The van der Waals surface area contributed by atoms with Crippen LogP contribution in [0.5, 0.6) is 0 Å². The Labute approximate surface area is 216 Å². The normalized spacial score (nSPS) is 13.7. The summed E-state index contributed by atoms with van der Waals surface area (Å²) in [6.07, 6.45) is 0. The molecule has 4 rings (SSSR count). The largest absolute Gasteiger partial charge is 0.383 e. The average Bonchev–Trinajstić information content (AvgIpc) is 2.90. The van der Waals surface area contributed by atoms with Crippen LogP contribution in [0.4, 0.5) is 15.9 Å². The van der Waals surface area contributed by atoms with Gasteiger partial charge in [0.25, 0.3) is 5.91 Å². The molecule has 3 aromatic rings. The fourth-order valence-corrected chi connectivity index (χ4v) is 4.98. The number of benzene rings is 2. The number of aryl methyl sites for hydroxylation is 1. The highest BCUT2D eigenvalue weighted by Crippen LogP contribution is 2.28. The van der Waals surface area contributed by atoms with Crippen molar-refractivity contribution in [3.63, 3.8) is 0 Å². The van der Waals surface area contributed by atoms with Crippen molar-refractivity contribution in [3.05, 3.63) is 76.7 Å². The van der Waals surface area contributed by atoms with E-state index in [0.717, 1.165) is 48.8 Å². The van der Waals surface area contributed by atoms with Gasteiger partial charge in [-0.15, -0.1) is 0 Å². The molecule has 1 saturated heterocycles. The van der Waals surface area contributed by atoms with Gasteiger partial charge in [-0.2, -0.15) is 0 Å². The fraction of sp³-hybridized carbons (Fsp3) is 0.370. The number of halogens is 1. The Balaban J connectivity index is 1.41. The first-order valence-electron chi connectivity index (χ1n) is 12.0. The van der Waals surface area contributed by atoms with Crippen LogP contribution in [-0.2, 0) is 10.5 Å². The topological polar surface area (TPSA) is 70.6 Å². The number of hydrogen-bond donors (Lipinski definition) is 1. The minimum absolute atomic E-state index is 0.113. The van der Waals surface area contributed by atoms with Crippen LogP contribution in [0.2, 0.25) is 0 Å². The molecule has 0 atom stereocenters. The summed E-state index contributed by atoms with van der Waals surface area (Å²) in [7, 11) is 1.61. The maximum Gasteiger partial charge on any atom is 0.251 e. The molecule has 0 radical (unpaired) electrons. The molecular weight excluding hydrogens is 477 g/mol. The zero-order valence-corrected chi connectivity index (χ0v) is 21.8. The van der Waals surface area contributed by atoms with E-state index in [9.17, 15) is 9.18 Å². The third-order valence-corrected chi connectivity index (χ3v) is 7.18. The number of nitrogens with zero attached hydrogens (tertiary/aromatic N) is 4. The fourth-order valence-electron chi connectivity index (χ4n) is 4.15. The van der Waals surface area contributed by atoms with Crippen LogP contribution < -0.4 is 15.1 Å². The van der Waals surface area contributed by atoms with Crippen molar-refractivity contribution >= 4 is 29.2 Å². The number of amides is 1. The van der Waals surface area contributed by atoms with Crippen LogP contribution in [-0.4, -0.2) is 62.3 Å². The van der Waals surface area contributed by atoms with Gasteiger partial charge in [-0.25, -0.2) is 14.4 Å². The van der Waals surface area contributed by atoms with Crippen molar-refractivity contribution in [1.29, 1.82) is 0 Å². The van der Waals surface area contributed by atoms with E-state index in [1.54, 1.807) is 24.9 Å². The summed E-state index contributed by atoms with van der Waals surface area (Å²) < 4.78 is 19.2. The monoisotopic (exact) mass is 509 g/mol.